The van der Waals surface area contributed by atoms with Crippen molar-refractivity contribution in [2.24, 2.45) is 5.92 Å². The van der Waals surface area contributed by atoms with E-state index in [4.69, 9.17) is 11.6 Å². The van der Waals surface area contributed by atoms with Gasteiger partial charge in [-0.3, -0.25) is 4.79 Å². The zero-order chi connectivity index (χ0) is 14.9. The Hall–Kier alpha value is -1.36. The molecule has 1 saturated carbocycles. The molecule has 2 rings (SSSR count). The number of halogens is 1. The summed E-state index contributed by atoms with van der Waals surface area (Å²) in [4.78, 5) is 23.9. The van der Waals surface area contributed by atoms with Crippen LogP contribution >= 0.6 is 11.6 Å². The maximum Gasteiger partial charge on any atom is 0.328 e. The molecule has 0 aliphatic heterocycles. The number of hydrogen-bond donors (Lipinski definition) is 1. The van der Waals surface area contributed by atoms with Crippen molar-refractivity contribution in [3.8, 4) is 0 Å². The van der Waals surface area contributed by atoms with E-state index in [9.17, 15) is 14.7 Å². The summed E-state index contributed by atoms with van der Waals surface area (Å²) in [5, 5.41) is 13.5. The lowest BCUT2D eigenvalue weighted by atomic mass is 10.0. The van der Waals surface area contributed by atoms with Crippen molar-refractivity contribution < 1.29 is 9.90 Å². The molecular formula is C14H19ClN2O3. The van der Waals surface area contributed by atoms with Gasteiger partial charge in [-0.2, -0.15) is 5.10 Å². The van der Waals surface area contributed by atoms with Crippen LogP contribution in [0.15, 0.2) is 10.9 Å². The Morgan fingerprint density at radius 1 is 1.55 bits per heavy atom. The van der Waals surface area contributed by atoms with E-state index in [0.29, 0.717) is 17.7 Å². The number of carboxylic acids is 1. The van der Waals surface area contributed by atoms with E-state index in [1.165, 1.54) is 0 Å². The summed E-state index contributed by atoms with van der Waals surface area (Å²) < 4.78 is 1.12. The van der Waals surface area contributed by atoms with Gasteiger partial charge in [-0.15, -0.1) is 11.6 Å². The second-order valence-electron chi connectivity index (χ2n) is 5.73. The van der Waals surface area contributed by atoms with Crippen molar-refractivity contribution in [3.63, 3.8) is 0 Å². The average molecular weight is 299 g/mol. The highest BCUT2D eigenvalue weighted by atomic mass is 35.5. The van der Waals surface area contributed by atoms with Gasteiger partial charge in [0.25, 0.3) is 5.56 Å². The molecule has 0 amide bonds. The minimum atomic E-state index is -1.03. The number of alkyl halides is 1. The lowest BCUT2D eigenvalue weighted by Crippen LogP contribution is -2.35. The Bertz CT molecular complexity index is 564. The van der Waals surface area contributed by atoms with Crippen LogP contribution < -0.4 is 5.56 Å². The second kappa shape index (κ2) is 5.95. The third-order valence-corrected chi connectivity index (χ3v) is 3.72. The summed E-state index contributed by atoms with van der Waals surface area (Å²) in [6.45, 7) is 3.85. The van der Waals surface area contributed by atoms with Crippen molar-refractivity contribution in [3.05, 3.63) is 27.7 Å². The molecule has 1 atom stereocenters. The van der Waals surface area contributed by atoms with Gasteiger partial charge >= 0.3 is 5.97 Å². The summed E-state index contributed by atoms with van der Waals surface area (Å²) in [5.74, 6) is -0.448. The number of carbonyl (C=O) groups is 1. The molecule has 0 spiro atoms. The maximum atomic E-state index is 12.4. The fourth-order valence-electron chi connectivity index (χ4n) is 2.30. The molecule has 1 aromatic rings. The van der Waals surface area contributed by atoms with E-state index in [0.717, 1.165) is 17.5 Å². The van der Waals surface area contributed by atoms with Gasteiger partial charge in [0.05, 0.1) is 11.6 Å². The van der Waals surface area contributed by atoms with Crippen molar-refractivity contribution in [2.45, 2.75) is 50.9 Å². The summed E-state index contributed by atoms with van der Waals surface area (Å²) in [6, 6.07) is 0.792. The summed E-state index contributed by atoms with van der Waals surface area (Å²) in [6.07, 6.45) is 2.32. The first-order chi connectivity index (χ1) is 9.43. The molecule has 0 unspecified atom stereocenters. The summed E-state index contributed by atoms with van der Waals surface area (Å²) >= 11 is 5.81. The van der Waals surface area contributed by atoms with E-state index >= 15 is 0 Å². The zero-order valence-corrected chi connectivity index (χ0v) is 12.4. The van der Waals surface area contributed by atoms with Crippen LogP contribution in [0.25, 0.3) is 0 Å². The molecule has 6 heteroatoms. The van der Waals surface area contributed by atoms with E-state index in [1.54, 1.807) is 6.07 Å². The number of nitrogens with zero attached hydrogens (tertiary/aromatic N) is 2. The van der Waals surface area contributed by atoms with Gasteiger partial charge in [0, 0.05) is 5.56 Å². The lowest BCUT2D eigenvalue weighted by molar-refractivity contribution is -0.141. The molecule has 1 aliphatic carbocycles. The SMILES string of the molecule is CC(C)C[C@@H](C(=O)O)n1nc(CCl)cc(C2CC2)c1=O. The molecule has 0 radical (unpaired) electrons. The molecule has 1 fully saturated rings. The Morgan fingerprint density at radius 2 is 2.20 bits per heavy atom. The highest BCUT2D eigenvalue weighted by Gasteiger charge is 2.31. The first-order valence-corrected chi connectivity index (χ1v) is 7.38. The first-order valence-electron chi connectivity index (χ1n) is 6.85. The second-order valence-corrected chi connectivity index (χ2v) is 6.00. The number of rotatable bonds is 6. The standard InChI is InChI=1S/C14H19ClN2O3/c1-8(2)5-12(14(19)20)17-13(18)11(9-3-4-9)6-10(7-15)16-17/h6,8-9,12H,3-5,7H2,1-2H3,(H,19,20)/t12-/m0/s1. The number of aromatic nitrogens is 2. The molecule has 1 aliphatic rings. The van der Waals surface area contributed by atoms with Gasteiger partial charge in [0.1, 0.15) is 0 Å². The molecule has 1 heterocycles. The summed E-state index contributed by atoms with van der Waals surface area (Å²) in [7, 11) is 0. The fraction of sp³-hybridized carbons (Fsp3) is 0.643. The van der Waals surface area contributed by atoms with Crippen LogP contribution in [0, 0.1) is 5.92 Å². The molecule has 1 N–H and O–H groups in total. The predicted molar refractivity (Wildman–Crippen MR) is 76.2 cm³/mol. The molecule has 1 aromatic heterocycles. The lowest BCUT2D eigenvalue weighted by Gasteiger charge is -2.18. The highest BCUT2D eigenvalue weighted by Crippen LogP contribution is 2.38. The minimum Gasteiger partial charge on any atom is -0.480 e. The van der Waals surface area contributed by atoms with Crippen molar-refractivity contribution in [1.29, 1.82) is 0 Å². The van der Waals surface area contributed by atoms with Gasteiger partial charge in [-0.1, -0.05) is 13.8 Å². The third kappa shape index (κ3) is 3.20. The van der Waals surface area contributed by atoms with Crippen LogP contribution in [-0.4, -0.2) is 20.9 Å². The fourth-order valence-corrected chi connectivity index (χ4v) is 2.43. The normalized spacial score (nSPS) is 16.4. The monoisotopic (exact) mass is 298 g/mol. The average Bonchev–Trinajstić information content (AvgIpc) is 3.20. The topological polar surface area (TPSA) is 72.2 Å². The van der Waals surface area contributed by atoms with Crippen LogP contribution in [-0.2, 0) is 10.7 Å². The molecule has 0 aromatic carbocycles. The van der Waals surface area contributed by atoms with Crippen molar-refractivity contribution in [1.82, 2.24) is 9.78 Å². The maximum absolute atomic E-state index is 12.4. The molecular weight excluding hydrogens is 280 g/mol. The molecule has 20 heavy (non-hydrogen) atoms. The Kier molecular flexibility index (Phi) is 4.48. The van der Waals surface area contributed by atoms with E-state index < -0.39 is 12.0 Å². The third-order valence-electron chi connectivity index (χ3n) is 3.44. The van der Waals surface area contributed by atoms with E-state index in [1.807, 2.05) is 13.8 Å². The smallest absolute Gasteiger partial charge is 0.328 e. The molecule has 5 nitrogen and oxygen atoms in total. The summed E-state index contributed by atoms with van der Waals surface area (Å²) in [5.41, 5.74) is 0.934. The van der Waals surface area contributed by atoms with Crippen molar-refractivity contribution >= 4 is 17.6 Å². The molecule has 0 bridgehead atoms. The molecule has 110 valence electrons. The van der Waals surface area contributed by atoms with Crippen LogP contribution in [0.2, 0.25) is 0 Å². The zero-order valence-electron chi connectivity index (χ0n) is 11.7. The number of aliphatic carboxylic acids is 1. The minimum absolute atomic E-state index is 0.161. The van der Waals surface area contributed by atoms with E-state index in [2.05, 4.69) is 5.10 Å². The van der Waals surface area contributed by atoms with Gasteiger partial charge in [0.15, 0.2) is 6.04 Å². The highest BCUT2D eigenvalue weighted by molar-refractivity contribution is 6.16. The Morgan fingerprint density at radius 3 is 2.65 bits per heavy atom. The van der Waals surface area contributed by atoms with Gasteiger partial charge < -0.3 is 5.11 Å². The van der Waals surface area contributed by atoms with E-state index in [-0.39, 0.29) is 23.3 Å². The number of hydrogen-bond acceptors (Lipinski definition) is 3. The first kappa shape index (κ1) is 15.0. The quantitative estimate of drug-likeness (QED) is 0.819. The van der Waals surface area contributed by atoms with Gasteiger partial charge in [-0.05, 0) is 37.2 Å². The van der Waals surface area contributed by atoms with Gasteiger partial charge in [0.2, 0.25) is 0 Å². The predicted octanol–water partition coefficient (Wildman–Crippen LogP) is 2.53. The molecule has 0 saturated heterocycles. The van der Waals surface area contributed by atoms with Crippen LogP contribution in [0.5, 0.6) is 0 Å². The number of carboxylic acid groups (broad SMARTS) is 1. The van der Waals surface area contributed by atoms with Crippen molar-refractivity contribution in [2.75, 3.05) is 0 Å². The van der Waals surface area contributed by atoms with Crippen LogP contribution in [0.4, 0.5) is 0 Å². The van der Waals surface area contributed by atoms with Gasteiger partial charge in [-0.25, -0.2) is 9.48 Å². The Labute approximate surface area is 122 Å². The van der Waals surface area contributed by atoms with Crippen LogP contribution in [0.1, 0.15) is 56.3 Å². The van der Waals surface area contributed by atoms with Crippen LogP contribution in [0.3, 0.4) is 0 Å². The largest absolute Gasteiger partial charge is 0.480 e. The Balaban J connectivity index is 2.49.